The van der Waals surface area contributed by atoms with E-state index in [1.807, 2.05) is 0 Å². The molecular formula is CH4NO2P. The van der Waals surface area contributed by atoms with Crippen molar-refractivity contribution in [2.45, 2.75) is 0 Å². The fraction of sp³-hybridized carbons (Fsp3) is 1.00. The molecule has 0 radical (unpaired) electrons. The molecule has 0 rings (SSSR count). The van der Waals surface area contributed by atoms with Crippen LogP contribution in [0.1, 0.15) is 0 Å². The summed E-state index contributed by atoms with van der Waals surface area (Å²) < 4.78 is 0. The lowest BCUT2D eigenvalue weighted by Gasteiger charge is -1.71. The fourth-order valence-corrected chi connectivity index (χ4v) is 0. The van der Waals surface area contributed by atoms with Crippen LogP contribution in [-0.4, -0.2) is 11.9 Å². The molecule has 0 spiro atoms. The summed E-state index contributed by atoms with van der Waals surface area (Å²) in [5, 5.41) is 7.48. The van der Waals surface area contributed by atoms with Crippen LogP contribution in [0.5, 0.6) is 0 Å². The van der Waals surface area contributed by atoms with Gasteiger partial charge in [-0.1, -0.05) is 0 Å². The molecule has 0 aliphatic rings. The highest BCUT2D eigenvalue weighted by molar-refractivity contribution is 7.38. The SMILES string of the molecule is C[P+]([O-])=NO. The average Bonchev–Trinajstić information content (AvgIpc) is 1.38. The zero-order valence-electron chi connectivity index (χ0n) is 2.75. The van der Waals surface area contributed by atoms with E-state index in [0.29, 0.717) is 0 Å². The molecule has 30 valence electrons. The maximum absolute atomic E-state index is 9.54. The van der Waals surface area contributed by atoms with Gasteiger partial charge in [0, 0.05) is 4.91 Å². The van der Waals surface area contributed by atoms with E-state index in [4.69, 9.17) is 5.21 Å². The largest absolute Gasteiger partial charge is 0.610 e. The molecule has 0 aliphatic heterocycles. The lowest BCUT2D eigenvalue weighted by Crippen LogP contribution is -1.79. The molecule has 1 atom stereocenters. The third-order valence-electron chi connectivity index (χ3n) is 0.126. The van der Waals surface area contributed by atoms with Crippen molar-refractivity contribution in [1.82, 2.24) is 0 Å². The highest BCUT2D eigenvalue weighted by Crippen LogP contribution is 2.00. The van der Waals surface area contributed by atoms with Crippen molar-refractivity contribution in [2.24, 2.45) is 4.91 Å². The molecule has 0 saturated heterocycles. The lowest BCUT2D eigenvalue weighted by atomic mass is 12.0. The molecule has 0 bridgehead atoms. The Labute approximate surface area is 30.8 Å². The van der Waals surface area contributed by atoms with Crippen molar-refractivity contribution in [3.05, 3.63) is 0 Å². The molecule has 5 heavy (non-hydrogen) atoms. The Bertz CT molecular complexity index is 47.6. The maximum Gasteiger partial charge on any atom is 0.197 e. The van der Waals surface area contributed by atoms with E-state index in [1.54, 1.807) is 0 Å². The highest BCUT2D eigenvalue weighted by Gasteiger charge is 1.70. The third-order valence-corrected chi connectivity index (χ3v) is 0.378. The molecule has 0 fully saturated rings. The van der Waals surface area contributed by atoms with Crippen LogP contribution in [0, 0.1) is 0 Å². The van der Waals surface area contributed by atoms with Gasteiger partial charge < -0.3 is 4.89 Å². The van der Waals surface area contributed by atoms with Crippen LogP contribution in [0.2, 0.25) is 0 Å². The molecule has 1 N–H and O–H groups in total. The summed E-state index contributed by atoms with van der Waals surface area (Å²) >= 11 is 0. The van der Waals surface area contributed by atoms with Crippen LogP contribution < -0.4 is 4.89 Å². The van der Waals surface area contributed by atoms with E-state index in [-0.39, 0.29) is 0 Å². The van der Waals surface area contributed by atoms with Crippen molar-refractivity contribution in [3.63, 3.8) is 0 Å². The van der Waals surface area contributed by atoms with Crippen molar-refractivity contribution in [2.75, 3.05) is 6.66 Å². The third kappa shape index (κ3) is 4.02. The second-order valence-corrected chi connectivity index (χ2v) is 1.66. The van der Waals surface area contributed by atoms with Gasteiger partial charge >= 0.3 is 0 Å². The molecule has 1 unspecified atom stereocenters. The van der Waals surface area contributed by atoms with Crippen LogP contribution in [0.4, 0.5) is 0 Å². The molecule has 3 nitrogen and oxygen atoms in total. The minimum atomic E-state index is -1.67. The maximum atomic E-state index is 9.54. The van der Waals surface area contributed by atoms with Crippen LogP contribution in [-0.2, 0) is 0 Å². The molecule has 0 aromatic rings. The minimum Gasteiger partial charge on any atom is -0.610 e. The van der Waals surface area contributed by atoms with Crippen molar-refractivity contribution in [1.29, 1.82) is 0 Å². The molecule has 0 amide bonds. The van der Waals surface area contributed by atoms with Crippen molar-refractivity contribution >= 4 is 7.94 Å². The van der Waals surface area contributed by atoms with E-state index < -0.39 is 7.94 Å². The first kappa shape index (κ1) is 5.02. The summed E-state index contributed by atoms with van der Waals surface area (Å²) in [6.07, 6.45) is 0. The standard InChI is InChI=1S/CH4NO2P/c1-5(4)2-3/h3H,1H3. The molecule has 0 heterocycles. The Kier molecular flexibility index (Phi) is 2.28. The van der Waals surface area contributed by atoms with E-state index in [0.717, 1.165) is 0 Å². The zero-order valence-corrected chi connectivity index (χ0v) is 3.64. The smallest absolute Gasteiger partial charge is 0.197 e. The Hall–Kier alpha value is 0.0200. The van der Waals surface area contributed by atoms with Gasteiger partial charge in [0.15, 0.2) is 7.94 Å². The van der Waals surface area contributed by atoms with Crippen LogP contribution in [0.15, 0.2) is 4.91 Å². The first-order valence-electron chi connectivity index (χ1n) is 1.03. The van der Waals surface area contributed by atoms with E-state index in [1.165, 1.54) is 6.66 Å². The quantitative estimate of drug-likeness (QED) is 0.337. The molecule has 0 aromatic heterocycles. The van der Waals surface area contributed by atoms with Crippen molar-refractivity contribution < 1.29 is 10.1 Å². The molecule has 0 aromatic carbocycles. The summed E-state index contributed by atoms with van der Waals surface area (Å²) in [6.45, 7) is 1.31. The Balaban J connectivity index is 3.14. The van der Waals surface area contributed by atoms with Gasteiger partial charge in [-0.05, 0) is 0 Å². The van der Waals surface area contributed by atoms with Gasteiger partial charge in [0.25, 0.3) is 0 Å². The zero-order chi connectivity index (χ0) is 4.28. The summed E-state index contributed by atoms with van der Waals surface area (Å²) in [7, 11) is -1.67. The van der Waals surface area contributed by atoms with Gasteiger partial charge in [-0.2, -0.15) is 0 Å². The minimum absolute atomic E-state index is 1.31. The van der Waals surface area contributed by atoms with Crippen LogP contribution in [0.3, 0.4) is 0 Å². The summed E-state index contributed by atoms with van der Waals surface area (Å²) in [5.41, 5.74) is 0. The monoisotopic (exact) mass is 93.0 g/mol. The van der Waals surface area contributed by atoms with Gasteiger partial charge in [0.1, 0.15) is 6.66 Å². The molecule has 4 heteroatoms. The van der Waals surface area contributed by atoms with Crippen LogP contribution >= 0.6 is 7.94 Å². The summed E-state index contributed by atoms with van der Waals surface area (Å²) in [5.74, 6) is 0. The van der Waals surface area contributed by atoms with Crippen molar-refractivity contribution in [3.8, 4) is 0 Å². The predicted octanol–water partition coefficient (Wildman–Crippen LogP) is -0.0538. The first-order valence-corrected chi connectivity index (χ1v) is 2.69. The number of nitrogens with zero attached hydrogens (tertiary/aromatic N) is 1. The predicted molar refractivity (Wildman–Crippen MR) is 17.1 cm³/mol. The van der Waals surface area contributed by atoms with Gasteiger partial charge in [-0.3, -0.25) is 0 Å². The van der Waals surface area contributed by atoms with Gasteiger partial charge in [-0.25, -0.2) is 5.21 Å². The molecule has 0 saturated carbocycles. The van der Waals surface area contributed by atoms with E-state index in [9.17, 15) is 4.89 Å². The number of hydrogen-bond donors (Lipinski definition) is 1. The number of rotatable bonds is 0. The van der Waals surface area contributed by atoms with E-state index in [2.05, 4.69) is 4.91 Å². The van der Waals surface area contributed by atoms with E-state index >= 15 is 0 Å². The Morgan fingerprint density at radius 2 is 2.20 bits per heavy atom. The van der Waals surface area contributed by atoms with Gasteiger partial charge in [-0.15, -0.1) is 0 Å². The lowest BCUT2D eigenvalue weighted by molar-refractivity contribution is -0.156. The second kappa shape index (κ2) is 2.27. The fourth-order valence-electron chi connectivity index (χ4n) is 0. The second-order valence-electron chi connectivity index (χ2n) is 0.554. The number of hydrogen-bond acceptors (Lipinski definition) is 2. The summed E-state index contributed by atoms with van der Waals surface area (Å²) in [6, 6.07) is 0. The highest BCUT2D eigenvalue weighted by atomic mass is 31.1. The first-order chi connectivity index (χ1) is 2.27. The van der Waals surface area contributed by atoms with Gasteiger partial charge in [0.05, 0.1) is 0 Å². The topological polar surface area (TPSA) is 55.7 Å². The normalized spacial score (nSPS) is 12.2. The molecular weight excluding hydrogens is 89.0 g/mol. The van der Waals surface area contributed by atoms with Gasteiger partial charge in [0.2, 0.25) is 0 Å². The Morgan fingerprint density at radius 3 is 2.20 bits per heavy atom. The average molecular weight is 93.0 g/mol. The van der Waals surface area contributed by atoms with Crippen LogP contribution in [0.25, 0.3) is 0 Å². The Morgan fingerprint density at radius 1 is 2.00 bits per heavy atom. The summed E-state index contributed by atoms with van der Waals surface area (Å²) in [4.78, 5) is 11.9. The molecule has 0 aliphatic carbocycles.